The van der Waals surface area contributed by atoms with Gasteiger partial charge in [-0.3, -0.25) is 4.90 Å². The molecule has 4 rings (SSSR count). The van der Waals surface area contributed by atoms with Crippen molar-refractivity contribution in [2.75, 3.05) is 44.8 Å². The van der Waals surface area contributed by atoms with E-state index in [4.69, 9.17) is 15.9 Å². The van der Waals surface area contributed by atoms with Crippen LogP contribution >= 0.6 is 0 Å². The molecule has 1 N–H and O–H groups in total. The van der Waals surface area contributed by atoms with Crippen molar-refractivity contribution < 1.29 is 9.47 Å². The second-order valence-electron chi connectivity index (χ2n) is 7.36. The molecule has 0 unspecified atom stereocenters. The molecule has 1 aliphatic heterocycles. The van der Waals surface area contributed by atoms with E-state index in [-0.39, 0.29) is 0 Å². The number of benzene rings is 2. The van der Waals surface area contributed by atoms with Crippen LogP contribution in [-0.2, 0) is 4.74 Å². The molecule has 0 aliphatic carbocycles. The number of ether oxygens (including phenoxy) is 2. The minimum Gasteiger partial charge on any atom is -0.493 e. The van der Waals surface area contributed by atoms with E-state index < -0.39 is 0 Å². The summed E-state index contributed by atoms with van der Waals surface area (Å²) in [4.78, 5) is 11.3. The Morgan fingerprint density at radius 2 is 2.07 bits per heavy atom. The summed E-state index contributed by atoms with van der Waals surface area (Å²) in [6.07, 6.45) is 8.06. The van der Waals surface area contributed by atoms with E-state index in [0.717, 1.165) is 78.6 Å². The minimum absolute atomic E-state index is 0.671. The van der Waals surface area contributed by atoms with Gasteiger partial charge >= 0.3 is 0 Å². The Balaban J connectivity index is 1.48. The topological polar surface area (TPSA) is 59.5 Å². The molecule has 1 fully saturated rings. The van der Waals surface area contributed by atoms with Gasteiger partial charge in [-0.1, -0.05) is 12.0 Å². The molecule has 2 heterocycles. The second kappa shape index (κ2) is 9.57. The quantitative estimate of drug-likeness (QED) is 0.480. The first-order valence-corrected chi connectivity index (χ1v) is 10.2. The number of nitrogens with one attached hydrogen (secondary N) is 1. The van der Waals surface area contributed by atoms with Gasteiger partial charge in [0.2, 0.25) is 0 Å². The SMILES string of the molecule is C#Cc1cccc(Nc2ncnc3cc(C)c(OCCCN4CCOCC4)cc23)c1. The lowest BCUT2D eigenvalue weighted by atomic mass is 10.1. The molecule has 0 atom stereocenters. The van der Waals surface area contributed by atoms with Gasteiger partial charge in [-0.2, -0.15) is 0 Å². The number of rotatable bonds is 7. The largest absolute Gasteiger partial charge is 0.493 e. The average molecular weight is 402 g/mol. The number of morpholine rings is 1. The molecule has 0 spiro atoms. The van der Waals surface area contributed by atoms with Crippen molar-refractivity contribution >= 4 is 22.4 Å². The monoisotopic (exact) mass is 402 g/mol. The van der Waals surface area contributed by atoms with Gasteiger partial charge in [0.25, 0.3) is 0 Å². The van der Waals surface area contributed by atoms with Crippen molar-refractivity contribution in [2.45, 2.75) is 13.3 Å². The molecule has 0 bridgehead atoms. The Hall–Kier alpha value is -3.14. The standard InChI is InChI=1S/C24H26N4O2/c1-3-19-6-4-7-20(15-19)27-24-21-16-23(18(2)14-22(21)25-17-26-24)30-11-5-8-28-9-12-29-13-10-28/h1,4,6-7,14-17H,5,8-13H2,2H3,(H,25,26,27). The van der Waals surface area contributed by atoms with Gasteiger partial charge in [0.1, 0.15) is 17.9 Å². The van der Waals surface area contributed by atoms with Crippen molar-refractivity contribution in [3.63, 3.8) is 0 Å². The molecule has 1 aromatic heterocycles. The van der Waals surface area contributed by atoms with Crippen molar-refractivity contribution in [1.29, 1.82) is 0 Å². The van der Waals surface area contributed by atoms with E-state index in [9.17, 15) is 0 Å². The van der Waals surface area contributed by atoms with Gasteiger partial charge in [-0.15, -0.1) is 6.42 Å². The van der Waals surface area contributed by atoms with Crippen LogP contribution in [0.2, 0.25) is 0 Å². The van der Waals surface area contributed by atoms with Crippen LogP contribution in [-0.4, -0.2) is 54.3 Å². The van der Waals surface area contributed by atoms with Crippen LogP contribution in [0.15, 0.2) is 42.7 Å². The van der Waals surface area contributed by atoms with Crippen LogP contribution < -0.4 is 10.1 Å². The van der Waals surface area contributed by atoms with Crippen LogP contribution in [0.5, 0.6) is 5.75 Å². The molecule has 6 heteroatoms. The average Bonchev–Trinajstić information content (AvgIpc) is 2.78. The first-order chi connectivity index (χ1) is 14.7. The summed E-state index contributed by atoms with van der Waals surface area (Å²) >= 11 is 0. The maximum atomic E-state index is 6.11. The van der Waals surface area contributed by atoms with Gasteiger partial charge in [0.05, 0.1) is 25.3 Å². The highest BCUT2D eigenvalue weighted by Crippen LogP contribution is 2.30. The Morgan fingerprint density at radius 3 is 2.90 bits per heavy atom. The van der Waals surface area contributed by atoms with Gasteiger partial charge < -0.3 is 14.8 Å². The first kappa shape index (κ1) is 20.1. The fraction of sp³-hybridized carbons (Fsp3) is 0.333. The molecule has 0 saturated carbocycles. The molecular weight excluding hydrogens is 376 g/mol. The van der Waals surface area contributed by atoms with Gasteiger partial charge in [0.15, 0.2) is 0 Å². The van der Waals surface area contributed by atoms with Crippen LogP contribution in [0.25, 0.3) is 10.9 Å². The maximum absolute atomic E-state index is 6.11. The highest BCUT2D eigenvalue weighted by atomic mass is 16.5. The van der Waals surface area contributed by atoms with Crippen molar-refractivity contribution in [3.8, 4) is 18.1 Å². The van der Waals surface area contributed by atoms with E-state index >= 15 is 0 Å². The summed E-state index contributed by atoms with van der Waals surface area (Å²) in [6.45, 7) is 7.39. The first-order valence-electron chi connectivity index (χ1n) is 10.2. The maximum Gasteiger partial charge on any atom is 0.141 e. The Labute approximate surface area is 177 Å². The molecular formula is C24H26N4O2. The van der Waals surface area contributed by atoms with E-state index in [1.54, 1.807) is 6.33 Å². The summed E-state index contributed by atoms with van der Waals surface area (Å²) in [5.74, 6) is 4.25. The van der Waals surface area contributed by atoms with Crippen molar-refractivity contribution in [1.82, 2.24) is 14.9 Å². The van der Waals surface area contributed by atoms with Crippen molar-refractivity contribution in [3.05, 3.63) is 53.9 Å². The normalized spacial score (nSPS) is 14.4. The summed E-state index contributed by atoms with van der Waals surface area (Å²) in [6, 6.07) is 11.8. The molecule has 0 radical (unpaired) electrons. The number of hydrogen-bond acceptors (Lipinski definition) is 6. The summed E-state index contributed by atoms with van der Waals surface area (Å²) in [5.41, 5.74) is 3.64. The highest BCUT2D eigenvalue weighted by Gasteiger charge is 2.11. The van der Waals surface area contributed by atoms with E-state index in [0.29, 0.717) is 6.61 Å². The molecule has 2 aromatic carbocycles. The van der Waals surface area contributed by atoms with Crippen molar-refractivity contribution in [2.24, 2.45) is 0 Å². The Morgan fingerprint density at radius 1 is 1.20 bits per heavy atom. The van der Waals surface area contributed by atoms with E-state index in [1.807, 2.05) is 43.3 Å². The van der Waals surface area contributed by atoms with Gasteiger partial charge in [0, 0.05) is 36.3 Å². The summed E-state index contributed by atoms with van der Waals surface area (Å²) < 4.78 is 11.5. The molecule has 3 aromatic rings. The Kier molecular flexibility index (Phi) is 6.43. The third-order valence-corrected chi connectivity index (χ3v) is 5.20. The number of hydrogen-bond donors (Lipinski definition) is 1. The lowest BCUT2D eigenvalue weighted by Crippen LogP contribution is -2.37. The Bertz CT molecular complexity index is 1050. The number of aromatic nitrogens is 2. The molecule has 0 amide bonds. The third-order valence-electron chi connectivity index (χ3n) is 5.20. The lowest BCUT2D eigenvalue weighted by Gasteiger charge is -2.26. The van der Waals surface area contributed by atoms with Crippen LogP contribution in [0.4, 0.5) is 11.5 Å². The minimum atomic E-state index is 0.671. The zero-order chi connectivity index (χ0) is 20.8. The zero-order valence-electron chi connectivity index (χ0n) is 17.2. The zero-order valence-corrected chi connectivity index (χ0v) is 17.2. The summed E-state index contributed by atoms with van der Waals surface area (Å²) in [7, 11) is 0. The van der Waals surface area contributed by atoms with Gasteiger partial charge in [-0.25, -0.2) is 9.97 Å². The van der Waals surface area contributed by atoms with Crippen LogP contribution in [0.3, 0.4) is 0 Å². The molecule has 1 saturated heterocycles. The van der Waals surface area contributed by atoms with Gasteiger partial charge in [-0.05, 0) is 49.2 Å². The predicted molar refractivity (Wildman–Crippen MR) is 119 cm³/mol. The van der Waals surface area contributed by atoms with Crippen LogP contribution in [0.1, 0.15) is 17.5 Å². The fourth-order valence-electron chi connectivity index (χ4n) is 3.56. The third kappa shape index (κ3) is 4.88. The number of aryl methyl sites for hydroxylation is 1. The molecule has 154 valence electrons. The van der Waals surface area contributed by atoms with E-state index in [2.05, 4.69) is 26.1 Å². The number of fused-ring (bicyclic) bond motifs is 1. The fourth-order valence-corrected chi connectivity index (χ4v) is 3.56. The molecule has 30 heavy (non-hydrogen) atoms. The number of terminal acetylenes is 1. The number of nitrogens with zero attached hydrogens (tertiary/aromatic N) is 3. The van der Waals surface area contributed by atoms with E-state index in [1.165, 1.54) is 0 Å². The summed E-state index contributed by atoms with van der Waals surface area (Å²) in [5, 5.41) is 4.27. The highest BCUT2D eigenvalue weighted by molar-refractivity contribution is 5.92. The smallest absolute Gasteiger partial charge is 0.141 e. The molecule has 1 aliphatic rings. The number of anilines is 2. The van der Waals surface area contributed by atoms with Crippen LogP contribution in [0, 0.1) is 19.3 Å². The molecule has 6 nitrogen and oxygen atoms in total. The lowest BCUT2D eigenvalue weighted by molar-refractivity contribution is 0.0358. The predicted octanol–water partition coefficient (Wildman–Crippen LogP) is 3.76. The second-order valence-corrected chi connectivity index (χ2v) is 7.36.